The Hall–Kier alpha value is -2.99. The highest BCUT2D eigenvalue weighted by atomic mass is 35.5. The van der Waals surface area contributed by atoms with Crippen LogP contribution in [0.5, 0.6) is 11.5 Å². The van der Waals surface area contributed by atoms with E-state index in [9.17, 15) is 9.59 Å². The monoisotopic (exact) mass is 430 g/mol. The molecular formula is C23H27ClN2O4. The Kier molecular flexibility index (Phi) is 8.74. The summed E-state index contributed by atoms with van der Waals surface area (Å²) in [6, 6.07) is 10.6. The summed E-state index contributed by atoms with van der Waals surface area (Å²) in [6.07, 6.45) is 2.25. The Balaban J connectivity index is 2.12. The Morgan fingerprint density at radius 1 is 1.17 bits per heavy atom. The van der Waals surface area contributed by atoms with Crippen LogP contribution in [0.3, 0.4) is 0 Å². The molecule has 2 amide bonds. The first kappa shape index (κ1) is 23.3. The van der Waals surface area contributed by atoms with E-state index in [1.54, 1.807) is 37.5 Å². The maximum absolute atomic E-state index is 13.1. The van der Waals surface area contributed by atoms with Gasteiger partial charge in [-0.3, -0.25) is 9.59 Å². The molecule has 6 nitrogen and oxygen atoms in total. The lowest BCUT2D eigenvalue weighted by molar-refractivity contribution is -0.121. The fraction of sp³-hybridized carbons (Fsp3) is 0.304. The lowest BCUT2D eigenvalue weighted by atomic mass is 10.0. The number of hydrogen-bond acceptors (Lipinski definition) is 4. The lowest BCUT2D eigenvalue weighted by Gasteiger charge is -2.22. The van der Waals surface area contributed by atoms with Crippen molar-refractivity contribution in [1.82, 2.24) is 10.2 Å². The van der Waals surface area contributed by atoms with Gasteiger partial charge in [0.25, 0.3) is 5.91 Å². The molecule has 0 fully saturated rings. The van der Waals surface area contributed by atoms with Gasteiger partial charge in [0.15, 0.2) is 11.5 Å². The number of benzene rings is 2. The van der Waals surface area contributed by atoms with Gasteiger partial charge in [0.1, 0.15) is 0 Å². The molecule has 7 heteroatoms. The highest BCUT2D eigenvalue weighted by molar-refractivity contribution is 6.30. The Bertz CT molecular complexity index is 897. The number of halogens is 1. The number of rotatable bonds is 10. The molecule has 0 spiro atoms. The predicted octanol–water partition coefficient (Wildman–Crippen LogP) is 3.86. The van der Waals surface area contributed by atoms with Gasteiger partial charge >= 0.3 is 0 Å². The zero-order valence-electron chi connectivity index (χ0n) is 17.5. The third kappa shape index (κ3) is 6.00. The summed E-state index contributed by atoms with van der Waals surface area (Å²) in [6.45, 7) is 6.28. The van der Waals surface area contributed by atoms with Gasteiger partial charge in [0.05, 0.1) is 20.8 Å². The van der Waals surface area contributed by atoms with Gasteiger partial charge in [0, 0.05) is 29.2 Å². The summed E-state index contributed by atoms with van der Waals surface area (Å²) in [4.78, 5) is 26.9. The van der Waals surface area contributed by atoms with Crippen LogP contribution >= 0.6 is 11.6 Å². The van der Waals surface area contributed by atoms with E-state index >= 15 is 0 Å². The van der Waals surface area contributed by atoms with Crippen molar-refractivity contribution < 1.29 is 19.1 Å². The van der Waals surface area contributed by atoms with E-state index < -0.39 is 0 Å². The van der Waals surface area contributed by atoms with Crippen molar-refractivity contribution in [2.45, 2.75) is 19.9 Å². The van der Waals surface area contributed by atoms with E-state index in [0.717, 1.165) is 11.1 Å². The second-order valence-electron chi connectivity index (χ2n) is 6.59. The van der Waals surface area contributed by atoms with Crippen molar-refractivity contribution >= 4 is 23.4 Å². The maximum Gasteiger partial charge on any atom is 0.254 e. The molecule has 0 aliphatic carbocycles. The van der Waals surface area contributed by atoms with E-state index in [1.165, 1.54) is 12.0 Å². The minimum Gasteiger partial charge on any atom is -0.493 e. The Morgan fingerprint density at radius 3 is 2.43 bits per heavy atom. The Labute approximate surface area is 182 Å². The third-order valence-corrected chi connectivity index (χ3v) is 4.83. The predicted molar refractivity (Wildman–Crippen MR) is 118 cm³/mol. The van der Waals surface area contributed by atoms with Gasteiger partial charge in [-0.1, -0.05) is 29.8 Å². The second-order valence-corrected chi connectivity index (χ2v) is 7.02. The number of carbonyl (C=O) groups excluding carboxylic acids is 2. The minimum atomic E-state index is -0.259. The number of hydrogen-bond donors (Lipinski definition) is 1. The smallest absolute Gasteiger partial charge is 0.254 e. The fourth-order valence-corrected chi connectivity index (χ4v) is 3.14. The SMILES string of the molecule is C=CCc1cc(C(=O)N(CC)CC(=O)NCc2ccc(Cl)cc2)cc(OC)c1OC. The van der Waals surface area contributed by atoms with Gasteiger partial charge in [-0.05, 0) is 43.2 Å². The van der Waals surface area contributed by atoms with Crippen molar-refractivity contribution in [3.05, 3.63) is 70.8 Å². The van der Waals surface area contributed by atoms with Crippen molar-refractivity contribution in [2.24, 2.45) is 0 Å². The second kappa shape index (κ2) is 11.3. The van der Waals surface area contributed by atoms with E-state index in [0.29, 0.717) is 41.6 Å². The molecule has 0 radical (unpaired) electrons. The molecule has 0 saturated carbocycles. The van der Waals surface area contributed by atoms with Crippen LogP contribution in [0.1, 0.15) is 28.4 Å². The van der Waals surface area contributed by atoms with Crippen LogP contribution in [-0.4, -0.2) is 44.0 Å². The van der Waals surface area contributed by atoms with Crippen LogP contribution in [0.25, 0.3) is 0 Å². The summed E-state index contributed by atoms with van der Waals surface area (Å²) < 4.78 is 10.8. The summed E-state index contributed by atoms with van der Waals surface area (Å²) in [5, 5.41) is 3.47. The molecule has 0 unspecified atom stereocenters. The largest absolute Gasteiger partial charge is 0.493 e. The number of amides is 2. The van der Waals surface area contributed by atoms with Crippen molar-refractivity contribution in [3.8, 4) is 11.5 Å². The highest BCUT2D eigenvalue weighted by Gasteiger charge is 2.21. The highest BCUT2D eigenvalue weighted by Crippen LogP contribution is 2.33. The first-order chi connectivity index (χ1) is 14.4. The number of likely N-dealkylation sites (N-methyl/N-ethyl adjacent to an activating group) is 1. The molecule has 160 valence electrons. The van der Waals surface area contributed by atoms with Gasteiger partial charge < -0.3 is 19.7 Å². The van der Waals surface area contributed by atoms with Gasteiger partial charge in [-0.15, -0.1) is 6.58 Å². The molecule has 1 N–H and O–H groups in total. The molecule has 0 heterocycles. The molecular weight excluding hydrogens is 404 g/mol. The van der Waals surface area contributed by atoms with Gasteiger partial charge in [-0.25, -0.2) is 0 Å². The zero-order valence-corrected chi connectivity index (χ0v) is 18.3. The van der Waals surface area contributed by atoms with Crippen LogP contribution in [0.15, 0.2) is 49.1 Å². The first-order valence-corrected chi connectivity index (χ1v) is 9.97. The van der Waals surface area contributed by atoms with Gasteiger partial charge in [-0.2, -0.15) is 0 Å². The molecule has 30 heavy (non-hydrogen) atoms. The molecule has 0 aliphatic heterocycles. The lowest BCUT2D eigenvalue weighted by Crippen LogP contribution is -2.40. The third-order valence-electron chi connectivity index (χ3n) is 4.57. The van der Waals surface area contributed by atoms with Crippen molar-refractivity contribution in [2.75, 3.05) is 27.3 Å². The summed E-state index contributed by atoms with van der Waals surface area (Å²) >= 11 is 5.87. The molecule has 0 bridgehead atoms. The quantitative estimate of drug-likeness (QED) is 0.581. The number of methoxy groups -OCH3 is 2. The van der Waals surface area contributed by atoms with Crippen LogP contribution < -0.4 is 14.8 Å². The summed E-state index contributed by atoms with van der Waals surface area (Å²) in [5.41, 5.74) is 2.14. The molecule has 0 aliphatic rings. The van der Waals surface area contributed by atoms with E-state index in [2.05, 4.69) is 11.9 Å². The topological polar surface area (TPSA) is 67.9 Å². The normalized spacial score (nSPS) is 10.3. The first-order valence-electron chi connectivity index (χ1n) is 9.59. The average Bonchev–Trinajstić information content (AvgIpc) is 2.76. The number of allylic oxidation sites excluding steroid dienone is 1. The zero-order chi connectivity index (χ0) is 22.1. The summed E-state index contributed by atoms with van der Waals surface area (Å²) in [7, 11) is 3.07. The number of carbonyl (C=O) groups is 2. The molecule has 2 aromatic rings. The van der Waals surface area contributed by atoms with Crippen molar-refractivity contribution in [1.29, 1.82) is 0 Å². The minimum absolute atomic E-state index is 0.0476. The number of nitrogens with zero attached hydrogens (tertiary/aromatic N) is 1. The molecule has 2 aromatic carbocycles. The van der Waals surface area contributed by atoms with Crippen LogP contribution in [0.2, 0.25) is 5.02 Å². The van der Waals surface area contributed by atoms with E-state index in [-0.39, 0.29) is 18.4 Å². The number of nitrogens with one attached hydrogen (secondary N) is 1. The van der Waals surface area contributed by atoms with E-state index in [1.807, 2.05) is 19.1 Å². The maximum atomic E-state index is 13.1. The van der Waals surface area contributed by atoms with Crippen LogP contribution in [-0.2, 0) is 17.8 Å². The standard InChI is InChI=1S/C23H27ClN2O4/c1-5-7-17-12-18(13-20(29-3)22(17)30-4)23(28)26(6-2)15-21(27)25-14-16-8-10-19(24)11-9-16/h5,8-13H,1,6-7,14-15H2,2-4H3,(H,25,27). The molecule has 2 rings (SSSR count). The molecule has 0 aromatic heterocycles. The van der Waals surface area contributed by atoms with Crippen LogP contribution in [0, 0.1) is 0 Å². The summed E-state index contributed by atoms with van der Waals surface area (Å²) in [5.74, 6) is 0.526. The van der Waals surface area contributed by atoms with E-state index in [4.69, 9.17) is 21.1 Å². The number of ether oxygens (including phenoxy) is 2. The molecule has 0 atom stereocenters. The Morgan fingerprint density at radius 2 is 1.87 bits per heavy atom. The average molecular weight is 431 g/mol. The van der Waals surface area contributed by atoms with Crippen LogP contribution in [0.4, 0.5) is 0 Å². The van der Waals surface area contributed by atoms with Crippen molar-refractivity contribution in [3.63, 3.8) is 0 Å². The molecule has 0 saturated heterocycles. The van der Waals surface area contributed by atoms with Gasteiger partial charge in [0.2, 0.25) is 5.91 Å². The fourth-order valence-electron chi connectivity index (χ4n) is 3.02.